The molecule has 0 radical (unpaired) electrons. The predicted octanol–water partition coefficient (Wildman–Crippen LogP) is 0.291. The molecule has 1 aromatic heterocycles. The number of esters is 1. The number of hydrogen-bond donors (Lipinski definition) is 1. The number of methoxy groups -OCH3 is 1. The number of H-pyrrole nitrogens is 1. The average Bonchev–Trinajstić information content (AvgIpc) is 3.01. The number of rotatable bonds is 6. The molecule has 2 aromatic rings. The summed E-state index contributed by atoms with van der Waals surface area (Å²) in [6, 6.07) is 6.75. The van der Waals surface area contributed by atoms with Crippen LogP contribution in [0.4, 0.5) is 0 Å². The largest absolute Gasteiger partial charge is 0.467 e. The number of carbonyl (C=O) groups is 2. The number of nitrogens with one attached hydrogen (secondary N) is 1. The van der Waals surface area contributed by atoms with Gasteiger partial charge in [-0.1, -0.05) is 17.3 Å². The van der Waals surface area contributed by atoms with Gasteiger partial charge in [0, 0.05) is 0 Å². The Hall–Kier alpha value is -2.77. The molecule has 0 aliphatic rings. The Morgan fingerprint density at radius 1 is 1.50 bits per heavy atom. The van der Waals surface area contributed by atoms with Crippen molar-refractivity contribution in [1.29, 1.82) is 0 Å². The molecule has 2 rings (SSSR count). The minimum atomic E-state index is -0.449. The van der Waals surface area contributed by atoms with Crippen LogP contribution in [0.3, 0.4) is 0 Å². The summed E-state index contributed by atoms with van der Waals surface area (Å²) in [5, 5.41) is 13.6. The predicted molar refractivity (Wildman–Crippen MR) is 65.8 cm³/mol. The minimum absolute atomic E-state index is 0.0493. The summed E-state index contributed by atoms with van der Waals surface area (Å²) in [7, 11) is 1.31. The van der Waals surface area contributed by atoms with Gasteiger partial charge in [-0.15, -0.1) is 10.2 Å². The SMILES string of the molecule is COC(=O)c1cccc(C(COC=O)c2nn[nH]n2)c1. The van der Waals surface area contributed by atoms with Gasteiger partial charge in [0.25, 0.3) is 6.47 Å². The van der Waals surface area contributed by atoms with Crippen molar-refractivity contribution in [3.63, 3.8) is 0 Å². The van der Waals surface area contributed by atoms with Crippen LogP contribution in [-0.2, 0) is 14.3 Å². The molecule has 8 nitrogen and oxygen atoms in total. The van der Waals surface area contributed by atoms with E-state index in [0.29, 0.717) is 17.9 Å². The Bertz CT molecular complexity index is 585. The maximum absolute atomic E-state index is 11.5. The molecule has 0 fully saturated rings. The van der Waals surface area contributed by atoms with Crippen LogP contribution < -0.4 is 0 Å². The zero-order valence-electron chi connectivity index (χ0n) is 10.6. The molecular weight excluding hydrogens is 264 g/mol. The molecule has 1 atom stereocenters. The molecule has 1 N–H and O–H groups in total. The molecule has 20 heavy (non-hydrogen) atoms. The first-order chi connectivity index (χ1) is 9.76. The standard InChI is InChI=1S/C12H12N4O4/c1-19-12(18)9-4-2-3-8(5-9)10(6-20-7-17)11-13-15-16-14-11/h2-5,7,10H,6H2,1H3,(H,13,14,15,16). The number of aromatic nitrogens is 4. The highest BCUT2D eigenvalue weighted by Gasteiger charge is 2.20. The van der Waals surface area contributed by atoms with Crippen LogP contribution in [0.2, 0.25) is 0 Å². The lowest BCUT2D eigenvalue weighted by molar-refractivity contribution is -0.129. The Labute approximate surface area is 114 Å². The summed E-state index contributed by atoms with van der Waals surface area (Å²) in [5.41, 5.74) is 1.11. The molecule has 1 heterocycles. The van der Waals surface area contributed by atoms with Gasteiger partial charge in [0.15, 0.2) is 5.82 Å². The Balaban J connectivity index is 2.33. The summed E-state index contributed by atoms with van der Waals surface area (Å²) >= 11 is 0. The monoisotopic (exact) mass is 276 g/mol. The first-order valence-electron chi connectivity index (χ1n) is 5.73. The lowest BCUT2D eigenvalue weighted by atomic mass is 9.97. The summed E-state index contributed by atoms with van der Waals surface area (Å²) in [5.74, 6) is -0.493. The lowest BCUT2D eigenvalue weighted by Crippen LogP contribution is -2.12. The van der Waals surface area contributed by atoms with Gasteiger partial charge in [0.05, 0.1) is 18.6 Å². The zero-order valence-corrected chi connectivity index (χ0v) is 10.6. The fourth-order valence-corrected chi connectivity index (χ4v) is 1.77. The minimum Gasteiger partial charge on any atom is -0.467 e. The van der Waals surface area contributed by atoms with E-state index in [9.17, 15) is 9.59 Å². The normalized spacial score (nSPS) is 11.7. The first-order valence-corrected chi connectivity index (χ1v) is 5.73. The zero-order chi connectivity index (χ0) is 14.4. The number of tetrazole rings is 1. The second-order valence-electron chi connectivity index (χ2n) is 3.87. The van der Waals surface area contributed by atoms with E-state index < -0.39 is 11.9 Å². The van der Waals surface area contributed by atoms with Gasteiger partial charge >= 0.3 is 5.97 Å². The summed E-state index contributed by atoms with van der Waals surface area (Å²) < 4.78 is 9.45. The molecule has 0 spiro atoms. The Morgan fingerprint density at radius 2 is 2.35 bits per heavy atom. The lowest BCUT2D eigenvalue weighted by Gasteiger charge is -2.13. The summed E-state index contributed by atoms with van der Waals surface area (Å²) in [6.07, 6.45) is 0. The third-order valence-corrected chi connectivity index (χ3v) is 2.71. The highest BCUT2D eigenvalue weighted by Crippen LogP contribution is 2.22. The second kappa shape index (κ2) is 6.41. The maximum Gasteiger partial charge on any atom is 0.337 e. The number of hydrogen-bond acceptors (Lipinski definition) is 7. The highest BCUT2D eigenvalue weighted by molar-refractivity contribution is 5.89. The van der Waals surface area contributed by atoms with E-state index in [1.807, 2.05) is 0 Å². The van der Waals surface area contributed by atoms with Crippen molar-refractivity contribution in [2.75, 3.05) is 13.7 Å². The van der Waals surface area contributed by atoms with Crippen molar-refractivity contribution in [3.8, 4) is 0 Å². The van der Waals surface area contributed by atoms with Crippen molar-refractivity contribution >= 4 is 12.4 Å². The van der Waals surface area contributed by atoms with Gasteiger partial charge in [-0.2, -0.15) is 5.21 Å². The van der Waals surface area contributed by atoms with E-state index in [1.165, 1.54) is 7.11 Å². The van der Waals surface area contributed by atoms with Gasteiger partial charge in [0.2, 0.25) is 0 Å². The van der Waals surface area contributed by atoms with Gasteiger partial charge < -0.3 is 9.47 Å². The number of carbonyl (C=O) groups excluding carboxylic acids is 2. The highest BCUT2D eigenvalue weighted by atomic mass is 16.5. The molecule has 0 saturated carbocycles. The second-order valence-corrected chi connectivity index (χ2v) is 3.87. The fourth-order valence-electron chi connectivity index (χ4n) is 1.77. The number of ether oxygens (including phenoxy) is 2. The number of aromatic amines is 1. The van der Waals surface area contributed by atoms with Crippen LogP contribution in [0.15, 0.2) is 24.3 Å². The molecule has 1 aromatic carbocycles. The van der Waals surface area contributed by atoms with Gasteiger partial charge in [0.1, 0.15) is 6.61 Å². The van der Waals surface area contributed by atoms with E-state index in [-0.39, 0.29) is 6.61 Å². The van der Waals surface area contributed by atoms with Gasteiger partial charge in [-0.25, -0.2) is 4.79 Å². The molecule has 0 aliphatic heterocycles. The van der Waals surface area contributed by atoms with Crippen LogP contribution in [0.25, 0.3) is 0 Å². The third kappa shape index (κ3) is 2.97. The third-order valence-electron chi connectivity index (χ3n) is 2.71. The molecule has 0 amide bonds. The molecule has 0 aliphatic carbocycles. The van der Waals surface area contributed by atoms with Crippen molar-refractivity contribution in [2.24, 2.45) is 0 Å². The van der Waals surface area contributed by atoms with E-state index in [0.717, 1.165) is 5.56 Å². The van der Waals surface area contributed by atoms with Crippen LogP contribution in [0.1, 0.15) is 27.7 Å². The maximum atomic E-state index is 11.5. The van der Waals surface area contributed by atoms with Crippen LogP contribution in [-0.4, -0.2) is 46.8 Å². The van der Waals surface area contributed by atoms with Crippen molar-refractivity contribution in [2.45, 2.75) is 5.92 Å². The van der Waals surface area contributed by atoms with E-state index in [4.69, 9.17) is 4.74 Å². The topological polar surface area (TPSA) is 107 Å². The van der Waals surface area contributed by atoms with Crippen LogP contribution in [0.5, 0.6) is 0 Å². The van der Waals surface area contributed by atoms with Gasteiger partial charge in [-0.3, -0.25) is 4.79 Å². The molecule has 1 unspecified atom stereocenters. The number of nitrogens with zero attached hydrogens (tertiary/aromatic N) is 3. The molecule has 0 saturated heterocycles. The Morgan fingerprint density at radius 3 is 3.00 bits per heavy atom. The molecule has 104 valence electrons. The Kier molecular flexibility index (Phi) is 4.38. The molecule has 0 bridgehead atoms. The summed E-state index contributed by atoms with van der Waals surface area (Å²) in [6.45, 7) is 0.394. The quantitative estimate of drug-likeness (QED) is 0.596. The fraction of sp³-hybridized carbons (Fsp3) is 0.250. The van der Waals surface area contributed by atoms with E-state index >= 15 is 0 Å². The molecule has 8 heteroatoms. The molecular formula is C12H12N4O4. The van der Waals surface area contributed by atoms with Crippen molar-refractivity contribution < 1.29 is 19.1 Å². The van der Waals surface area contributed by atoms with Crippen LogP contribution >= 0.6 is 0 Å². The smallest absolute Gasteiger partial charge is 0.337 e. The van der Waals surface area contributed by atoms with Gasteiger partial charge in [-0.05, 0) is 17.7 Å². The van der Waals surface area contributed by atoms with Crippen LogP contribution in [0, 0.1) is 0 Å². The van der Waals surface area contributed by atoms with Crippen molar-refractivity contribution in [3.05, 3.63) is 41.2 Å². The summed E-state index contributed by atoms with van der Waals surface area (Å²) in [4.78, 5) is 21.9. The average molecular weight is 276 g/mol. The van der Waals surface area contributed by atoms with E-state index in [1.54, 1.807) is 24.3 Å². The first kappa shape index (κ1) is 13.7. The van der Waals surface area contributed by atoms with E-state index in [2.05, 4.69) is 25.4 Å². The number of benzene rings is 1. The van der Waals surface area contributed by atoms with Crippen molar-refractivity contribution in [1.82, 2.24) is 20.6 Å².